The fraction of sp³-hybridized carbons (Fsp3) is 0.462. The van der Waals surface area contributed by atoms with Gasteiger partial charge >= 0.3 is 11.8 Å². The van der Waals surface area contributed by atoms with E-state index in [2.05, 4.69) is 27.1 Å². The van der Waals surface area contributed by atoms with Crippen molar-refractivity contribution < 1.29 is 9.53 Å². The molecule has 0 atom stereocenters. The van der Waals surface area contributed by atoms with Crippen molar-refractivity contribution in [3.05, 3.63) is 32.6 Å². The molecule has 0 aromatic carbocycles. The van der Waals surface area contributed by atoms with Gasteiger partial charge < -0.3 is 15.0 Å². The van der Waals surface area contributed by atoms with E-state index in [-0.39, 0.29) is 5.56 Å². The van der Waals surface area contributed by atoms with Gasteiger partial charge in [-0.25, -0.2) is 9.59 Å². The summed E-state index contributed by atoms with van der Waals surface area (Å²) in [5.74, 6) is 5.32. The summed E-state index contributed by atoms with van der Waals surface area (Å²) in [5, 5.41) is 2.54. The summed E-state index contributed by atoms with van der Waals surface area (Å²) in [6.45, 7) is 5.63. The zero-order chi connectivity index (χ0) is 15.2. The van der Waals surface area contributed by atoms with Gasteiger partial charge in [-0.1, -0.05) is 11.8 Å². The minimum Gasteiger partial charge on any atom is -0.444 e. The SMILES string of the molecule is CC(C)(C)OC(=O)NCCC#Cc1c[nH]c(=O)[nH]c1=O. The summed E-state index contributed by atoms with van der Waals surface area (Å²) in [6, 6.07) is 0. The molecule has 0 unspecified atom stereocenters. The molecular formula is C13H17N3O4. The van der Waals surface area contributed by atoms with Crippen LogP contribution in [0.1, 0.15) is 32.8 Å². The van der Waals surface area contributed by atoms with E-state index in [0.29, 0.717) is 13.0 Å². The molecule has 0 bridgehead atoms. The Morgan fingerprint density at radius 3 is 2.70 bits per heavy atom. The van der Waals surface area contributed by atoms with Gasteiger partial charge in [0.2, 0.25) is 0 Å². The van der Waals surface area contributed by atoms with Crippen LogP contribution in [0.2, 0.25) is 0 Å². The van der Waals surface area contributed by atoms with E-state index in [9.17, 15) is 14.4 Å². The lowest BCUT2D eigenvalue weighted by Gasteiger charge is -2.19. The van der Waals surface area contributed by atoms with Crippen LogP contribution in [0.15, 0.2) is 15.8 Å². The maximum atomic E-state index is 11.3. The minimum absolute atomic E-state index is 0.168. The first-order valence-corrected chi connectivity index (χ1v) is 6.06. The van der Waals surface area contributed by atoms with E-state index in [1.54, 1.807) is 20.8 Å². The molecule has 1 heterocycles. The van der Waals surface area contributed by atoms with Crippen LogP contribution in [-0.4, -0.2) is 28.2 Å². The van der Waals surface area contributed by atoms with Gasteiger partial charge in [0.05, 0.1) is 0 Å². The molecule has 0 aliphatic carbocycles. The van der Waals surface area contributed by atoms with Crippen molar-refractivity contribution >= 4 is 6.09 Å². The molecule has 0 aliphatic heterocycles. The molecule has 0 aliphatic rings. The molecule has 1 aromatic heterocycles. The summed E-state index contributed by atoms with van der Waals surface area (Å²) >= 11 is 0. The molecule has 20 heavy (non-hydrogen) atoms. The Labute approximate surface area is 115 Å². The minimum atomic E-state index is -0.577. The van der Waals surface area contributed by atoms with Crippen molar-refractivity contribution in [1.29, 1.82) is 0 Å². The molecule has 0 saturated carbocycles. The first-order valence-electron chi connectivity index (χ1n) is 6.06. The molecule has 1 aromatic rings. The third-order valence-corrected chi connectivity index (χ3v) is 1.96. The number of nitrogens with one attached hydrogen (secondary N) is 3. The molecular weight excluding hydrogens is 262 g/mol. The predicted molar refractivity (Wildman–Crippen MR) is 73.4 cm³/mol. The number of hydrogen-bond donors (Lipinski definition) is 3. The number of rotatable bonds is 2. The fourth-order valence-electron chi connectivity index (χ4n) is 1.20. The van der Waals surface area contributed by atoms with E-state index < -0.39 is 22.9 Å². The van der Waals surface area contributed by atoms with Gasteiger partial charge in [0, 0.05) is 19.2 Å². The zero-order valence-electron chi connectivity index (χ0n) is 11.6. The van der Waals surface area contributed by atoms with E-state index in [1.165, 1.54) is 6.20 Å². The lowest BCUT2D eigenvalue weighted by atomic mass is 10.2. The number of amides is 1. The standard InChI is InChI=1S/C13H17N3O4/c1-13(2,3)20-12(19)14-7-5-4-6-9-8-15-11(18)16-10(9)17/h8H,5,7H2,1-3H3,(H,14,19)(H2,15,16,17,18). The van der Waals surface area contributed by atoms with Gasteiger partial charge in [0.15, 0.2) is 0 Å². The second-order valence-corrected chi connectivity index (χ2v) is 4.97. The van der Waals surface area contributed by atoms with Gasteiger partial charge in [0.1, 0.15) is 11.2 Å². The maximum Gasteiger partial charge on any atom is 0.407 e. The Morgan fingerprint density at radius 2 is 2.10 bits per heavy atom. The highest BCUT2D eigenvalue weighted by Gasteiger charge is 2.15. The third-order valence-electron chi connectivity index (χ3n) is 1.96. The molecule has 1 amide bonds. The summed E-state index contributed by atoms with van der Waals surface area (Å²) < 4.78 is 5.04. The smallest absolute Gasteiger partial charge is 0.407 e. The number of aromatic nitrogens is 2. The lowest BCUT2D eigenvalue weighted by Crippen LogP contribution is -2.32. The monoisotopic (exact) mass is 279 g/mol. The van der Waals surface area contributed by atoms with Crippen molar-refractivity contribution in [2.45, 2.75) is 32.8 Å². The predicted octanol–water partition coefficient (Wildman–Crippen LogP) is 0.330. The summed E-state index contributed by atoms with van der Waals surface area (Å²) in [6.07, 6.45) is 1.09. The van der Waals surface area contributed by atoms with Crippen molar-refractivity contribution in [2.75, 3.05) is 6.54 Å². The van der Waals surface area contributed by atoms with Crippen LogP contribution in [-0.2, 0) is 4.74 Å². The van der Waals surface area contributed by atoms with Gasteiger partial charge in [0.25, 0.3) is 5.56 Å². The Kier molecular flexibility index (Phi) is 5.15. The first kappa shape index (κ1) is 15.6. The fourth-order valence-corrected chi connectivity index (χ4v) is 1.20. The molecule has 0 fully saturated rings. The third kappa shape index (κ3) is 5.91. The Morgan fingerprint density at radius 1 is 1.40 bits per heavy atom. The maximum absolute atomic E-state index is 11.3. The van der Waals surface area contributed by atoms with E-state index in [0.717, 1.165) is 0 Å². The van der Waals surface area contributed by atoms with Gasteiger partial charge in [-0.2, -0.15) is 0 Å². The first-order chi connectivity index (χ1) is 9.28. The van der Waals surface area contributed by atoms with E-state index in [4.69, 9.17) is 4.74 Å². The molecule has 0 radical (unpaired) electrons. The largest absolute Gasteiger partial charge is 0.444 e. The Hall–Kier alpha value is -2.49. The summed E-state index contributed by atoms with van der Waals surface area (Å²) in [7, 11) is 0. The molecule has 108 valence electrons. The summed E-state index contributed by atoms with van der Waals surface area (Å²) in [5.41, 5.74) is -1.49. The summed E-state index contributed by atoms with van der Waals surface area (Å²) in [4.78, 5) is 37.8. The highest BCUT2D eigenvalue weighted by Crippen LogP contribution is 2.06. The number of H-pyrrole nitrogens is 2. The van der Waals surface area contributed by atoms with Gasteiger partial charge in [-0.3, -0.25) is 9.78 Å². The van der Waals surface area contributed by atoms with E-state index >= 15 is 0 Å². The van der Waals surface area contributed by atoms with Crippen LogP contribution in [0.5, 0.6) is 0 Å². The number of alkyl carbamates (subject to hydrolysis) is 1. The van der Waals surface area contributed by atoms with Crippen LogP contribution >= 0.6 is 0 Å². The average Bonchev–Trinajstić information content (AvgIpc) is 2.28. The second kappa shape index (κ2) is 6.61. The van der Waals surface area contributed by atoms with Crippen LogP contribution in [0.25, 0.3) is 0 Å². The zero-order valence-corrected chi connectivity index (χ0v) is 11.6. The van der Waals surface area contributed by atoms with Crippen LogP contribution in [0.3, 0.4) is 0 Å². The van der Waals surface area contributed by atoms with Crippen LogP contribution in [0, 0.1) is 11.8 Å². The topological polar surface area (TPSA) is 104 Å². The Balaban J connectivity index is 2.42. The normalized spacial score (nSPS) is 10.3. The van der Waals surface area contributed by atoms with Crippen molar-refractivity contribution in [3.63, 3.8) is 0 Å². The number of carbonyl (C=O) groups excluding carboxylic acids is 1. The molecule has 7 heteroatoms. The lowest BCUT2D eigenvalue weighted by molar-refractivity contribution is 0.0529. The van der Waals surface area contributed by atoms with Crippen LogP contribution < -0.4 is 16.6 Å². The molecule has 7 nitrogen and oxygen atoms in total. The van der Waals surface area contributed by atoms with Crippen molar-refractivity contribution in [2.24, 2.45) is 0 Å². The molecule has 1 rings (SSSR count). The second-order valence-electron chi connectivity index (χ2n) is 4.97. The highest BCUT2D eigenvalue weighted by atomic mass is 16.6. The number of carbonyl (C=O) groups is 1. The van der Waals surface area contributed by atoms with Gasteiger partial charge in [-0.05, 0) is 20.8 Å². The quantitative estimate of drug-likeness (QED) is 0.536. The van der Waals surface area contributed by atoms with Crippen molar-refractivity contribution in [3.8, 4) is 11.8 Å². The number of hydrogen-bond acceptors (Lipinski definition) is 4. The average molecular weight is 279 g/mol. The van der Waals surface area contributed by atoms with Crippen molar-refractivity contribution in [1.82, 2.24) is 15.3 Å². The molecule has 3 N–H and O–H groups in total. The molecule has 0 spiro atoms. The number of aromatic amines is 2. The van der Waals surface area contributed by atoms with E-state index in [1.807, 2.05) is 0 Å². The van der Waals surface area contributed by atoms with Crippen LogP contribution in [0.4, 0.5) is 4.79 Å². The van der Waals surface area contributed by atoms with Gasteiger partial charge in [-0.15, -0.1) is 0 Å². The number of ether oxygens (including phenoxy) is 1. The Bertz CT molecular complexity index is 640. The molecule has 0 saturated heterocycles. The highest BCUT2D eigenvalue weighted by molar-refractivity contribution is 5.67.